The van der Waals surface area contributed by atoms with Crippen LogP contribution in [0, 0.1) is 0 Å². The molecule has 4 aromatic carbocycles. The van der Waals surface area contributed by atoms with Crippen molar-refractivity contribution < 1.29 is 19.5 Å². The molecule has 0 aliphatic carbocycles. The molecule has 0 aliphatic heterocycles. The molecule has 1 heterocycles. The maximum atomic E-state index is 13.6. The molecule has 0 bridgehead atoms. The molecule has 0 spiro atoms. The molecule has 1 unspecified atom stereocenters. The average Bonchev–Trinajstić information content (AvgIpc) is 3.44. The second kappa shape index (κ2) is 12.8. The van der Waals surface area contributed by atoms with Crippen LogP contribution in [0.15, 0.2) is 113 Å². The smallest absolute Gasteiger partial charge is 0.336 e. The summed E-state index contributed by atoms with van der Waals surface area (Å²) < 4.78 is 0. The molecule has 0 fully saturated rings. The number of aromatic nitrogens is 1. The zero-order chi connectivity index (χ0) is 28.8. The third kappa shape index (κ3) is 6.83. The number of aromatic carboxylic acids is 1. The normalized spacial score (nSPS) is 11.4. The quantitative estimate of drug-likeness (QED) is 0.149. The molecule has 7 nitrogen and oxygen atoms in total. The van der Waals surface area contributed by atoms with Gasteiger partial charge < -0.3 is 15.7 Å². The Morgan fingerprint density at radius 2 is 1.54 bits per heavy atom. The van der Waals surface area contributed by atoms with E-state index in [9.17, 15) is 19.5 Å². The highest BCUT2D eigenvalue weighted by molar-refractivity contribution is 8.00. The number of halogens is 1. The maximum Gasteiger partial charge on any atom is 0.336 e. The average molecular weight is 600 g/mol. The van der Waals surface area contributed by atoms with Crippen molar-refractivity contribution in [1.29, 1.82) is 0 Å². The van der Waals surface area contributed by atoms with Gasteiger partial charge in [0.1, 0.15) is 5.25 Å². The molecule has 10 heteroatoms. The maximum absolute atomic E-state index is 13.6. The van der Waals surface area contributed by atoms with Crippen molar-refractivity contribution in [1.82, 2.24) is 4.98 Å². The van der Waals surface area contributed by atoms with E-state index in [0.717, 1.165) is 16.0 Å². The minimum atomic E-state index is -1.18. The van der Waals surface area contributed by atoms with Gasteiger partial charge in [-0.05, 0) is 42.0 Å². The molecule has 0 radical (unpaired) electrons. The van der Waals surface area contributed by atoms with Crippen molar-refractivity contribution in [2.24, 2.45) is 0 Å². The van der Waals surface area contributed by atoms with Gasteiger partial charge in [-0.3, -0.25) is 9.59 Å². The van der Waals surface area contributed by atoms with Crippen molar-refractivity contribution in [2.75, 3.05) is 10.6 Å². The Balaban J connectivity index is 1.35. The van der Waals surface area contributed by atoms with Gasteiger partial charge in [0.15, 0.2) is 5.13 Å². The van der Waals surface area contributed by atoms with Crippen molar-refractivity contribution in [2.45, 2.75) is 10.1 Å². The lowest BCUT2D eigenvalue weighted by atomic mass is 10.1. The first-order valence-electron chi connectivity index (χ1n) is 12.4. The van der Waals surface area contributed by atoms with Gasteiger partial charge in [-0.1, -0.05) is 78.3 Å². The standard InChI is InChI=1S/C31H22ClN3O4S2/c32-25-16-7-6-15-24(25)26-18-40-31(34-26)35-29(37)27(19-9-2-1-3-10-19)41-21-12-8-11-20(17-21)33-28(36)22-13-4-5-14-23(22)30(38)39/h1-18,27H,(H,33,36)(H,38,39)(H,34,35,37). The predicted octanol–water partition coefficient (Wildman–Crippen LogP) is 7.89. The first-order valence-corrected chi connectivity index (χ1v) is 14.5. The summed E-state index contributed by atoms with van der Waals surface area (Å²) in [6.07, 6.45) is 0. The number of nitrogens with zero attached hydrogens (tertiary/aromatic N) is 1. The van der Waals surface area contributed by atoms with Gasteiger partial charge in [-0.15, -0.1) is 23.1 Å². The van der Waals surface area contributed by atoms with E-state index in [1.165, 1.54) is 35.2 Å². The number of carbonyl (C=O) groups excluding carboxylic acids is 2. The molecular weight excluding hydrogens is 578 g/mol. The topological polar surface area (TPSA) is 108 Å². The monoisotopic (exact) mass is 599 g/mol. The lowest BCUT2D eigenvalue weighted by molar-refractivity contribution is -0.115. The Morgan fingerprint density at radius 1 is 0.829 bits per heavy atom. The van der Waals surface area contributed by atoms with Crippen LogP contribution in [0.1, 0.15) is 31.5 Å². The van der Waals surface area contributed by atoms with Gasteiger partial charge in [0.25, 0.3) is 5.91 Å². The van der Waals surface area contributed by atoms with Crippen LogP contribution in [0.4, 0.5) is 10.8 Å². The lowest BCUT2D eigenvalue weighted by Gasteiger charge is -2.17. The molecule has 0 saturated heterocycles. The van der Waals surface area contributed by atoms with E-state index in [2.05, 4.69) is 15.6 Å². The van der Waals surface area contributed by atoms with Crippen molar-refractivity contribution in [3.8, 4) is 11.3 Å². The molecule has 1 aromatic heterocycles. The Hall–Kier alpha value is -4.44. The molecule has 0 aliphatic rings. The molecule has 1 atom stereocenters. The number of rotatable bonds is 9. The van der Waals surface area contributed by atoms with Crippen LogP contribution in [0.25, 0.3) is 11.3 Å². The van der Waals surface area contributed by atoms with Crippen molar-refractivity contribution >= 4 is 63.3 Å². The largest absolute Gasteiger partial charge is 0.478 e. The second-order valence-electron chi connectivity index (χ2n) is 8.75. The summed E-state index contributed by atoms with van der Waals surface area (Å²) in [6.45, 7) is 0. The number of thioether (sulfide) groups is 1. The number of carbonyl (C=O) groups is 3. The Kier molecular flexibility index (Phi) is 8.79. The fourth-order valence-electron chi connectivity index (χ4n) is 4.04. The Labute approximate surface area is 249 Å². The van der Waals surface area contributed by atoms with Gasteiger partial charge in [0.05, 0.1) is 16.8 Å². The summed E-state index contributed by atoms with van der Waals surface area (Å²) in [5, 5.41) is 17.4. The highest BCUT2D eigenvalue weighted by atomic mass is 35.5. The number of thiazole rings is 1. The number of carboxylic acid groups (broad SMARTS) is 1. The number of amides is 2. The molecule has 5 rings (SSSR count). The van der Waals surface area contributed by atoms with Crippen LogP contribution in [0.2, 0.25) is 5.02 Å². The first kappa shape index (κ1) is 28.1. The van der Waals surface area contributed by atoms with E-state index in [-0.39, 0.29) is 17.0 Å². The van der Waals surface area contributed by atoms with E-state index in [4.69, 9.17) is 11.6 Å². The molecule has 41 heavy (non-hydrogen) atoms. The van der Waals surface area contributed by atoms with E-state index in [1.807, 2.05) is 60.0 Å². The molecular formula is C31H22ClN3O4S2. The van der Waals surface area contributed by atoms with E-state index in [1.54, 1.807) is 36.4 Å². The fraction of sp³-hybridized carbons (Fsp3) is 0.0323. The minimum absolute atomic E-state index is 0.0548. The Bertz CT molecular complexity index is 1730. The summed E-state index contributed by atoms with van der Waals surface area (Å²) in [6, 6.07) is 29.8. The van der Waals surface area contributed by atoms with Gasteiger partial charge >= 0.3 is 5.97 Å². The molecule has 5 aromatic rings. The second-order valence-corrected chi connectivity index (χ2v) is 11.2. The van der Waals surface area contributed by atoms with Gasteiger partial charge in [0.2, 0.25) is 5.91 Å². The van der Waals surface area contributed by atoms with Crippen LogP contribution in [-0.2, 0) is 4.79 Å². The molecule has 2 amide bonds. The van der Waals surface area contributed by atoms with Crippen molar-refractivity contribution in [3.63, 3.8) is 0 Å². The molecule has 0 saturated carbocycles. The number of nitrogens with one attached hydrogen (secondary N) is 2. The van der Waals surface area contributed by atoms with E-state index < -0.39 is 17.1 Å². The number of hydrogen-bond donors (Lipinski definition) is 3. The zero-order valence-electron chi connectivity index (χ0n) is 21.3. The van der Waals surface area contributed by atoms with Crippen molar-refractivity contribution in [3.05, 3.63) is 130 Å². The summed E-state index contributed by atoms with van der Waals surface area (Å²) in [4.78, 5) is 43.3. The van der Waals surface area contributed by atoms with E-state index in [0.29, 0.717) is 21.5 Å². The molecule has 3 N–H and O–H groups in total. The SMILES string of the molecule is O=C(O)c1ccccc1C(=O)Nc1cccc(SC(C(=O)Nc2nc(-c3ccccc3Cl)cs2)c2ccccc2)c1. The first-order chi connectivity index (χ1) is 19.9. The van der Waals surface area contributed by atoms with Crippen LogP contribution in [-0.4, -0.2) is 27.9 Å². The summed E-state index contributed by atoms with van der Waals surface area (Å²) in [5.41, 5.74) is 2.69. The lowest BCUT2D eigenvalue weighted by Crippen LogP contribution is -2.19. The zero-order valence-corrected chi connectivity index (χ0v) is 23.7. The molecule has 204 valence electrons. The van der Waals surface area contributed by atoms with Crippen LogP contribution < -0.4 is 10.6 Å². The minimum Gasteiger partial charge on any atom is -0.478 e. The number of hydrogen-bond acceptors (Lipinski definition) is 6. The summed E-state index contributed by atoms with van der Waals surface area (Å²) in [7, 11) is 0. The van der Waals surface area contributed by atoms with Crippen LogP contribution >= 0.6 is 34.7 Å². The number of anilines is 2. The predicted molar refractivity (Wildman–Crippen MR) is 164 cm³/mol. The van der Waals surface area contributed by atoms with E-state index >= 15 is 0 Å². The fourth-order valence-corrected chi connectivity index (χ4v) is 6.07. The third-order valence-electron chi connectivity index (χ3n) is 5.97. The summed E-state index contributed by atoms with van der Waals surface area (Å²) in [5.74, 6) is -1.98. The van der Waals surface area contributed by atoms with Gasteiger partial charge in [0, 0.05) is 26.5 Å². The highest BCUT2D eigenvalue weighted by Gasteiger charge is 2.24. The van der Waals surface area contributed by atoms with Crippen LogP contribution in [0.5, 0.6) is 0 Å². The van der Waals surface area contributed by atoms with Crippen LogP contribution in [0.3, 0.4) is 0 Å². The highest BCUT2D eigenvalue weighted by Crippen LogP contribution is 2.38. The van der Waals surface area contributed by atoms with Gasteiger partial charge in [-0.25, -0.2) is 9.78 Å². The number of benzene rings is 4. The number of carboxylic acids is 1. The Morgan fingerprint density at radius 3 is 2.29 bits per heavy atom. The summed E-state index contributed by atoms with van der Waals surface area (Å²) >= 11 is 8.95. The third-order valence-corrected chi connectivity index (χ3v) is 8.31. The van der Waals surface area contributed by atoms with Gasteiger partial charge in [-0.2, -0.15) is 0 Å².